The normalized spacial score (nSPS) is 24.0. The first-order chi connectivity index (χ1) is 17.1. The molecule has 1 N–H and O–H groups in total. The minimum atomic E-state index is -1.29. The lowest BCUT2D eigenvalue weighted by Crippen LogP contribution is -2.35. The molecule has 2 aliphatic rings. The van der Waals surface area contributed by atoms with Crippen molar-refractivity contribution in [3.05, 3.63) is 39.6 Å². The lowest BCUT2D eigenvalue weighted by molar-refractivity contribution is 0.00336. The van der Waals surface area contributed by atoms with E-state index in [0.29, 0.717) is 27.9 Å². The first-order valence-corrected chi connectivity index (χ1v) is 16.7. The number of pyridine rings is 1. The van der Waals surface area contributed by atoms with Gasteiger partial charge in [0, 0.05) is 24.7 Å². The Balaban J connectivity index is 1.50. The van der Waals surface area contributed by atoms with Gasteiger partial charge in [-0.25, -0.2) is 9.37 Å². The molecule has 2 aliphatic heterocycles. The van der Waals surface area contributed by atoms with Crippen LogP contribution in [-0.4, -0.2) is 72.0 Å². The summed E-state index contributed by atoms with van der Waals surface area (Å²) in [5.41, 5.74) is 1.53. The molecule has 0 amide bonds. The SMILES string of the molecule is C[Si](C)(C)CCOCn1c(O[C@@H]2CO[C@H]3[C@@H]2OC[C@H]3O)nc2cc(Cl)c(-c3ccc(Br)cc3F)nc21. The monoisotopic (exact) mass is 599 g/mol. The van der Waals surface area contributed by atoms with E-state index in [4.69, 9.17) is 35.5 Å². The molecule has 12 heteroatoms. The van der Waals surface area contributed by atoms with Crippen LogP contribution in [0.4, 0.5) is 4.39 Å². The predicted molar refractivity (Wildman–Crippen MR) is 140 cm³/mol. The molecule has 36 heavy (non-hydrogen) atoms. The van der Waals surface area contributed by atoms with Crippen LogP contribution in [0.1, 0.15) is 0 Å². The molecule has 4 atom stereocenters. The summed E-state index contributed by atoms with van der Waals surface area (Å²) in [5, 5.41) is 10.3. The summed E-state index contributed by atoms with van der Waals surface area (Å²) < 4.78 is 40.7. The van der Waals surface area contributed by atoms with Crippen molar-refractivity contribution in [2.75, 3.05) is 19.8 Å². The second-order valence-corrected chi connectivity index (χ2v) is 17.2. The average Bonchev–Trinajstić information content (AvgIpc) is 3.46. The van der Waals surface area contributed by atoms with E-state index in [1.807, 2.05) is 0 Å². The molecule has 2 fully saturated rings. The molecule has 2 saturated heterocycles. The molecule has 8 nitrogen and oxygen atoms in total. The Hall–Kier alpha value is -1.60. The fraction of sp³-hybridized carbons (Fsp3) is 0.500. The second-order valence-electron chi connectivity index (χ2n) is 10.3. The quantitative estimate of drug-likeness (QED) is 0.292. The number of aliphatic hydroxyl groups excluding tert-OH is 1. The van der Waals surface area contributed by atoms with Crippen LogP contribution in [0.2, 0.25) is 30.7 Å². The Kier molecular flexibility index (Phi) is 7.43. The third-order valence-electron chi connectivity index (χ3n) is 6.28. The van der Waals surface area contributed by atoms with Crippen molar-refractivity contribution in [1.29, 1.82) is 0 Å². The zero-order chi connectivity index (χ0) is 25.6. The van der Waals surface area contributed by atoms with Crippen LogP contribution >= 0.6 is 27.5 Å². The summed E-state index contributed by atoms with van der Waals surface area (Å²) in [4.78, 5) is 9.31. The van der Waals surface area contributed by atoms with Crippen LogP contribution in [0.5, 0.6) is 6.01 Å². The smallest absolute Gasteiger partial charge is 0.301 e. The largest absolute Gasteiger partial charge is 0.456 e. The molecule has 0 radical (unpaired) electrons. The molecule has 0 bridgehead atoms. The maximum atomic E-state index is 14.8. The Morgan fingerprint density at radius 1 is 1.19 bits per heavy atom. The minimum Gasteiger partial charge on any atom is -0.456 e. The molecule has 0 spiro atoms. The van der Waals surface area contributed by atoms with Gasteiger partial charge < -0.3 is 24.1 Å². The molecular formula is C24H28BrClFN3O5Si. The number of nitrogens with zero attached hydrogens (tertiary/aromatic N) is 3. The number of halogens is 3. The van der Waals surface area contributed by atoms with Gasteiger partial charge in [-0.15, -0.1) is 0 Å². The van der Waals surface area contributed by atoms with Crippen molar-refractivity contribution in [2.45, 2.75) is 56.8 Å². The van der Waals surface area contributed by atoms with Gasteiger partial charge >= 0.3 is 6.01 Å². The minimum absolute atomic E-state index is 0.151. The number of benzene rings is 1. The number of fused-ring (bicyclic) bond motifs is 2. The van der Waals surface area contributed by atoms with Crippen LogP contribution in [0.25, 0.3) is 22.4 Å². The van der Waals surface area contributed by atoms with E-state index in [-0.39, 0.29) is 36.5 Å². The standard InChI is InChI=1S/C24H28BrClFN3O5Si/c1-36(2,3)7-6-32-12-30-23-17(9-15(26)20(29-23)14-5-4-13(25)8-16(14)27)28-24(30)35-19-11-34-21-18(31)10-33-22(19)21/h4-5,8-9,18-19,21-22,31H,6-7,10-12H2,1-3H3/t18-,19-,21-,22-/m1/s1. The van der Waals surface area contributed by atoms with Crippen molar-refractivity contribution in [2.24, 2.45) is 0 Å². The second kappa shape index (κ2) is 10.3. The third kappa shape index (κ3) is 5.33. The van der Waals surface area contributed by atoms with Crippen LogP contribution in [0, 0.1) is 5.82 Å². The van der Waals surface area contributed by atoms with Gasteiger partial charge in [0.15, 0.2) is 11.8 Å². The molecule has 1 aromatic carbocycles. The summed E-state index contributed by atoms with van der Waals surface area (Å²) in [6.45, 7) is 8.05. The maximum absolute atomic E-state index is 14.8. The van der Waals surface area contributed by atoms with Crippen molar-refractivity contribution in [3.8, 4) is 17.3 Å². The number of hydrogen-bond donors (Lipinski definition) is 1. The van der Waals surface area contributed by atoms with Crippen LogP contribution < -0.4 is 4.74 Å². The van der Waals surface area contributed by atoms with Gasteiger partial charge in [0.05, 0.1) is 23.9 Å². The molecule has 5 rings (SSSR count). The topological polar surface area (TPSA) is 87.9 Å². The van der Waals surface area contributed by atoms with Gasteiger partial charge in [0.2, 0.25) is 0 Å². The first-order valence-electron chi connectivity index (χ1n) is 11.8. The number of aliphatic hydroxyl groups is 1. The fourth-order valence-electron chi connectivity index (χ4n) is 4.30. The molecule has 4 heterocycles. The van der Waals surface area contributed by atoms with Gasteiger partial charge in [-0.05, 0) is 30.3 Å². The zero-order valence-corrected chi connectivity index (χ0v) is 23.6. The number of ether oxygens (including phenoxy) is 4. The Bertz CT molecular complexity index is 1270. The van der Waals surface area contributed by atoms with E-state index >= 15 is 0 Å². The van der Waals surface area contributed by atoms with E-state index in [1.54, 1.807) is 22.8 Å². The Morgan fingerprint density at radius 2 is 1.97 bits per heavy atom. The van der Waals surface area contributed by atoms with Gasteiger partial charge in [-0.3, -0.25) is 4.57 Å². The summed E-state index contributed by atoms with van der Waals surface area (Å²) >= 11 is 9.80. The Labute approximate surface area is 222 Å². The Morgan fingerprint density at radius 3 is 2.72 bits per heavy atom. The van der Waals surface area contributed by atoms with Gasteiger partial charge in [-0.1, -0.05) is 47.2 Å². The number of aromatic nitrogens is 3. The highest BCUT2D eigenvalue weighted by molar-refractivity contribution is 9.10. The third-order valence-corrected chi connectivity index (χ3v) is 8.77. The highest BCUT2D eigenvalue weighted by Gasteiger charge is 2.49. The molecule has 0 saturated carbocycles. The predicted octanol–water partition coefficient (Wildman–Crippen LogP) is 4.87. The number of hydrogen-bond acceptors (Lipinski definition) is 7. The molecule has 2 aromatic heterocycles. The first kappa shape index (κ1) is 26.0. The molecule has 3 aromatic rings. The highest BCUT2D eigenvalue weighted by Crippen LogP contribution is 2.35. The average molecular weight is 601 g/mol. The summed E-state index contributed by atoms with van der Waals surface area (Å²) in [5.74, 6) is -0.446. The van der Waals surface area contributed by atoms with Crippen LogP contribution in [0.3, 0.4) is 0 Å². The van der Waals surface area contributed by atoms with Crippen LogP contribution in [0.15, 0.2) is 28.7 Å². The lowest BCUT2D eigenvalue weighted by Gasteiger charge is -2.19. The summed E-state index contributed by atoms with van der Waals surface area (Å²) in [7, 11) is -1.29. The van der Waals surface area contributed by atoms with Crippen molar-refractivity contribution in [3.63, 3.8) is 0 Å². The summed E-state index contributed by atoms with van der Waals surface area (Å²) in [6.07, 6.45) is -1.97. The number of imidazole rings is 1. The lowest BCUT2D eigenvalue weighted by atomic mass is 10.1. The van der Waals surface area contributed by atoms with E-state index < -0.39 is 38.3 Å². The fourth-order valence-corrected chi connectivity index (χ4v) is 5.63. The maximum Gasteiger partial charge on any atom is 0.301 e. The molecule has 194 valence electrons. The van der Waals surface area contributed by atoms with E-state index in [2.05, 4.69) is 40.6 Å². The van der Waals surface area contributed by atoms with Crippen molar-refractivity contribution >= 4 is 46.8 Å². The van der Waals surface area contributed by atoms with Gasteiger partial charge in [-0.2, -0.15) is 4.98 Å². The highest BCUT2D eigenvalue weighted by atomic mass is 79.9. The van der Waals surface area contributed by atoms with Gasteiger partial charge in [0.25, 0.3) is 0 Å². The van der Waals surface area contributed by atoms with E-state index in [0.717, 1.165) is 6.04 Å². The van der Waals surface area contributed by atoms with Crippen LogP contribution in [-0.2, 0) is 20.9 Å². The molecular weight excluding hydrogens is 573 g/mol. The zero-order valence-electron chi connectivity index (χ0n) is 20.2. The van der Waals surface area contributed by atoms with E-state index in [9.17, 15) is 9.50 Å². The molecule has 0 unspecified atom stereocenters. The molecule has 0 aliphatic carbocycles. The van der Waals surface area contributed by atoms with Gasteiger partial charge in [0.1, 0.15) is 36.4 Å². The van der Waals surface area contributed by atoms with E-state index in [1.165, 1.54) is 6.07 Å². The van der Waals surface area contributed by atoms with Crippen molar-refractivity contribution in [1.82, 2.24) is 14.5 Å². The number of rotatable bonds is 8. The summed E-state index contributed by atoms with van der Waals surface area (Å²) in [6, 6.07) is 7.65. The van der Waals surface area contributed by atoms with Crippen molar-refractivity contribution < 1.29 is 28.4 Å².